The lowest BCUT2D eigenvalue weighted by atomic mass is 10.1. The number of nitrogens with zero attached hydrogens (tertiary/aromatic N) is 1. The number of anilines is 1. The number of para-hydroxylation sites is 1. The fourth-order valence-corrected chi connectivity index (χ4v) is 4.28. The Labute approximate surface area is 181 Å². The summed E-state index contributed by atoms with van der Waals surface area (Å²) in [5.74, 6) is 0.271. The zero-order chi connectivity index (χ0) is 22.8. The molecule has 0 aromatic heterocycles. The molecule has 10 heteroatoms. The number of methoxy groups -OCH3 is 2. The van der Waals surface area contributed by atoms with Crippen LogP contribution in [0.4, 0.5) is 18.9 Å². The molecule has 0 saturated carbocycles. The molecule has 1 N–H and O–H groups in total. The van der Waals surface area contributed by atoms with Gasteiger partial charge in [0.15, 0.2) is 11.5 Å². The minimum Gasteiger partial charge on any atom is -0.493 e. The number of ether oxygens (including phenoxy) is 2. The summed E-state index contributed by atoms with van der Waals surface area (Å²) < 4.78 is 49.3. The van der Waals surface area contributed by atoms with Gasteiger partial charge in [0.2, 0.25) is 11.8 Å². The Hall–Kier alpha value is -2.88. The Morgan fingerprint density at radius 1 is 1.19 bits per heavy atom. The molecule has 0 fully saturated rings. The van der Waals surface area contributed by atoms with Crippen LogP contribution in [0.15, 0.2) is 41.3 Å². The van der Waals surface area contributed by atoms with Crippen LogP contribution in [0.2, 0.25) is 0 Å². The molecule has 0 saturated heterocycles. The number of halogens is 3. The first-order valence-corrected chi connectivity index (χ1v) is 10.1. The summed E-state index contributed by atoms with van der Waals surface area (Å²) in [6, 6.07) is 8.51. The summed E-state index contributed by atoms with van der Waals surface area (Å²) in [5.41, 5.74) is 0.000108. The van der Waals surface area contributed by atoms with Crippen LogP contribution in [0.3, 0.4) is 0 Å². The molecule has 2 aromatic carbocycles. The maximum Gasteiger partial charge on any atom is 0.416 e. The average molecular weight is 454 g/mol. The second-order valence-electron chi connectivity index (χ2n) is 6.91. The van der Waals surface area contributed by atoms with E-state index >= 15 is 0 Å². The lowest BCUT2D eigenvalue weighted by molar-refractivity contribution is -0.137. The number of alkyl halides is 3. The van der Waals surface area contributed by atoms with Crippen molar-refractivity contribution in [3.8, 4) is 11.5 Å². The van der Waals surface area contributed by atoms with Gasteiger partial charge in [0, 0.05) is 30.5 Å². The highest BCUT2D eigenvalue weighted by Crippen LogP contribution is 2.41. The van der Waals surface area contributed by atoms with Crippen molar-refractivity contribution in [1.29, 1.82) is 0 Å². The first kappa shape index (κ1) is 22.8. The molecule has 0 bridgehead atoms. The van der Waals surface area contributed by atoms with Crippen molar-refractivity contribution in [2.45, 2.75) is 29.3 Å². The highest BCUT2D eigenvalue weighted by Gasteiger charge is 2.34. The van der Waals surface area contributed by atoms with Crippen LogP contribution >= 0.6 is 11.8 Å². The monoisotopic (exact) mass is 454 g/mol. The Morgan fingerprint density at radius 2 is 1.94 bits per heavy atom. The van der Waals surface area contributed by atoms with Crippen LogP contribution in [-0.4, -0.2) is 43.2 Å². The number of carbonyl (C=O) groups is 2. The zero-order valence-electron chi connectivity index (χ0n) is 17.1. The molecule has 2 aromatic rings. The van der Waals surface area contributed by atoms with Crippen LogP contribution in [0.5, 0.6) is 11.5 Å². The molecule has 1 aliphatic heterocycles. The van der Waals surface area contributed by atoms with Crippen molar-refractivity contribution in [3.05, 3.63) is 47.5 Å². The normalized spacial score (nSPS) is 15.7. The zero-order valence-corrected chi connectivity index (χ0v) is 17.9. The molecule has 31 heavy (non-hydrogen) atoms. The quantitative estimate of drug-likeness (QED) is 0.709. The smallest absolute Gasteiger partial charge is 0.416 e. The summed E-state index contributed by atoms with van der Waals surface area (Å²) in [5, 5.41) is 1.74. The van der Waals surface area contributed by atoms with E-state index in [0.29, 0.717) is 16.4 Å². The van der Waals surface area contributed by atoms with Gasteiger partial charge >= 0.3 is 6.18 Å². The first-order chi connectivity index (χ1) is 14.6. The molecule has 0 spiro atoms. The molecule has 0 unspecified atom stereocenters. The molecule has 0 radical (unpaired) electrons. The fourth-order valence-electron chi connectivity index (χ4n) is 3.20. The van der Waals surface area contributed by atoms with E-state index in [2.05, 4.69) is 5.32 Å². The average Bonchev–Trinajstić information content (AvgIpc) is 2.72. The molecular weight excluding hydrogens is 433 g/mol. The van der Waals surface area contributed by atoms with E-state index in [1.54, 1.807) is 19.2 Å². The molecule has 1 aliphatic rings. The SMILES string of the molecule is COc1cccc(CN(C)C(=O)C[C@H]2Sc3ccc(C(F)(F)F)cc3NC2=O)c1OC. The second-order valence-corrected chi connectivity index (χ2v) is 8.16. The van der Waals surface area contributed by atoms with Gasteiger partial charge in [-0.1, -0.05) is 12.1 Å². The van der Waals surface area contributed by atoms with Gasteiger partial charge in [-0.2, -0.15) is 13.2 Å². The van der Waals surface area contributed by atoms with Crippen LogP contribution in [0.25, 0.3) is 0 Å². The maximum absolute atomic E-state index is 12.9. The van der Waals surface area contributed by atoms with Crippen LogP contribution in [0.1, 0.15) is 17.5 Å². The topological polar surface area (TPSA) is 67.9 Å². The molecule has 166 valence electrons. The van der Waals surface area contributed by atoms with Gasteiger partial charge in [-0.15, -0.1) is 11.8 Å². The third-order valence-corrected chi connectivity index (χ3v) is 6.08. The summed E-state index contributed by atoms with van der Waals surface area (Å²) in [6.45, 7) is 0.240. The first-order valence-electron chi connectivity index (χ1n) is 9.26. The van der Waals surface area contributed by atoms with Crippen molar-refractivity contribution < 1.29 is 32.2 Å². The van der Waals surface area contributed by atoms with Crippen molar-refractivity contribution in [2.75, 3.05) is 26.6 Å². The second kappa shape index (κ2) is 9.09. The van der Waals surface area contributed by atoms with Crippen LogP contribution < -0.4 is 14.8 Å². The number of benzene rings is 2. The van der Waals surface area contributed by atoms with Gasteiger partial charge in [-0.3, -0.25) is 9.59 Å². The van der Waals surface area contributed by atoms with E-state index in [-0.39, 0.29) is 24.6 Å². The van der Waals surface area contributed by atoms with Crippen molar-refractivity contribution in [3.63, 3.8) is 0 Å². The van der Waals surface area contributed by atoms with Crippen molar-refractivity contribution in [2.24, 2.45) is 0 Å². The number of hydrogen-bond donors (Lipinski definition) is 1. The van der Waals surface area contributed by atoms with Crippen molar-refractivity contribution in [1.82, 2.24) is 4.90 Å². The maximum atomic E-state index is 12.9. The lowest BCUT2D eigenvalue weighted by Crippen LogP contribution is -2.35. The van der Waals surface area contributed by atoms with Crippen LogP contribution in [-0.2, 0) is 22.3 Å². The van der Waals surface area contributed by atoms with Gasteiger partial charge in [0.05, 0.1) is 30.7 Å². The number of nitrogens with one attached hydrogen (secondary N) is 1. The predicted octanol–water partition coefficient (Wildman–Crippen LogP) is 4.18. The Balaban J connectivity index is 1.69. The summed E-state index contributed by atoms with van der Waals surface area (Å²) in [6.07, 6.45) is -4.60. The third-order valence-electron chi connectivity index (χ3n) is 4.80. The van der Waals surface area contributed by atoms with Gasteiger partial charge in [-0.25, -0.2) is 0 Å². The van der Waals surface area contributed by atoms with Gasteiger partial charge in [0.25, 0.3) is 0 Å². The van der Waals surface area contributed by atoms with E-state index in [4.69, 9.17) is 9.47 Å². The molecular formula is C21H21F3N2O4S. The van der Waals surface area contributed by atoms with Gasteiger partial charge in [-0.05, 0) is 24.3 Å². The summed E-state index contributed by atoms with van der Waals surface area (Å²) >= 11 is 1.08. The molecule has 3 rings (SSSR count). The Bertz CT molecular complexity index is 997. The minimum atomic E-state index is -4.50. The van der Waals surface area contributed by atoms with Crippen LogP contribution in [0, 0.1) is 0 Å². The lowest BCUT2D eigenvalue weighted by Gasteiger charge is -2.26. The third kappa shape index (κ3) is 5.07. The number of fused-ring (bicyclic) bond motifs is 1. The Kier molecular flexibility index (Phi) is 6.68. The highest BCUT2D eigenvalue weighted by molar-refractivity contribution is 8.01. The number of thioether (sulfide) groups is 1. The molecule has 6 nitrogen and oxygen atoms in total. The van der Waals surface area contributed by atoms with E-state index in [1.165, 1.54) is 25.2 Å². The van der Waals surface area contributed by atoms with Gasteiger partial charge < -0.3 is 19.7 Å². The number of carbonyl (C=O) groups excluding carboxylic acids is 2. The fraction of sp³-hybridized carbons (Fsp3) is 0.333. The predicted molar refractivity (Wildman–Crippen MR) is 110 cm³/mol. The van der Waals surface area contributed by atoms with E-state index < -0.39 is 22.9 Å². The van der Waals surface area contributed by atoms with E-state index in [9.17, 15) is 22.8 Å². The number of rotatable bonds is 6. The summed E-state index contributed by atoms with van der Waals surface area (Å²) in [7, 11) is 4.63. The largest absolute Gasteiger partial charge is 0.493 e. The molecule has 2 amide bonds. The standard InChI is InChI=1S/C21H21F3N2O4S/c1-26(11-12-5-4-6-15(29-2)19(12)30-3)18(27)10-17-20(28)25-14-9-13(21(22,23)24)7-8-16(14)31-17/h4-9,17H,10-11H2,1-3H3,(H,25,28)/t17-/m1/s1. The Morgan fingerprint density at radius 3 is 2.58 bits per heavy atom. The minimum absolute atomic E-state index is 0.0975. The highest BCUT2D eigenvalue weighted by atomic mass is 32.2. The molecule has 1 atom stereocenters. The van der Waals surface area contributed by atoms with Gasteiger partial charge in [0.1, 0.15) is 0 Å². The molecule has 0 aliphatic carbocycles. The summed E-state index contributed by atoms with van der Waals surface area (Å²) in [4.78, 5) is 27.1. The van der Waals surface area contributed by atoms with E-state index in [0.717, 1.165) is 29.5 Å². The molecule has 1 heterocycles. The van der Waals surface area contributed by atoms with Crippen molar-refractivity contribution >= 4 is 29.3 Å². The number of amides is 2. The number of hydrogen-bond acceptors (Lipinski definition) is 5. The van der Waals surface area contributed by atoms with E-state index in [1.807, 2.05) is 6.07 Å².